The fourth-order valence-corrected chi connectivity index (χ4v) is 2.52. The SMILES string of the molecule is CCC1CCN(Cc2ccoc2C(=O)NN)CC1. The lowest BCUT2D eigenvalue weighted by atomic mass is 9.94. The summed E-state index contributed by atoms with van der Waals surface area (Å²) in [7, 11) is 0. The Morgan fingerprint density at radius 2 is 2.28 bits per heavy atom. The Morgan fingerprint density at radius 3 is 2.89 bits per heavy atom. The van der Waals surface area contributed by atoms with Crippen molar-refractivity contribution in [2.24, 2.45) is 11.8 Å². The molecule has 1 aromatic rings. The maximum atomic E-state index is 11.5. The molecule has 0 unspecified atom stereocenters. The van der Waals surface area contributed by atoms with Gasteiger partial charge >= 0.3 is 5.91 Å². The minimum Gasteiger partial charge on any atom is -0.459 e. The van der Waals surface area contributed by atoms with Crippen molar-refractivity contribution in [3.63, 3.8) is 0 Å². The molecule has 0 aromatic carbocycles. The average Bonchev–Trinajstić information content (AvgIpc) is 2.87. The second-order valence-corrected chi connectivity index (χ2v) is 4.88. The maximum absolute atomic E-state index is 11.5. The van der Waals surface area contributed by atoms with E-state index in [1.54, 1.807) is 6.26 Å². The van der Waals surface area contributed by atoms with E-state index in [1.165, 1.54) is 19.3 Å². The Bertz CT molecular complexity index is 395. The van der Waals surface area contributed by atoms with Crippen LogP contribution in [0.3, 0.4) is 0 Å². The van der Waals surface area contributed by atoms with Crippen LogP contribution in [0, 0.1) is 5.92 Å². The van der Waals surface area contributed by atoms with E-state index in [4.69, 9.17) is 10.3 Å². The molecule has 5 nitrogen and oxygen atoms in total. The Labute approximate surface area is 107 Å². The Hall–Kier alpha value is -1.33. The lowest BCUT2D eigenvalue weighted by Gasteiger charge is -2.31. The van der Waals surface area contributed by atoms with Gasteiger partial charge in [0.2, 0.25) is 0 Å². The molecule has 0 radical (unpaired) electrons. The van der Waals surface area contributed by atoms with Crippen molar-refractivity contribution in [1.29, 1.82) is 0 Å². The number of nitrogens with two attached hydrogens (primary N) is 1. The summed E-state index contributed by atoms with van der Waals surface area (Å²) in [5, 5.41) is 0. The number of furan rings is 1. The zero-order chi connectivity index (χ0) is 13.0. The van der Waals surface area contributed by atoms with Crippen LogP contribution in [-0.2, 0) is 6.54 Å². The van der Waals surface area contributed by atoms with Crippen LogP contribution in [0.5, 0.6) is 0 Å². The highest BCUT2D eigenvalue weighted by Gasteiger charge is 2.21. The van der Waals surface area contributed by atoms with E-state index in [0.29, 0.717) is 5.76 Å². The molecule has 5 heteroatoms. The maximum Gasteiger partial charge on any atom is 0.301 e. The summed E-state index contributed by atoms with van der Waals surface area (Å²) in [6.45, 7) is 5.19. The van der Waals surface area contributed by atoms with Crippen molar-refractivity contribution in [2.75, 3.05) is 13.1 Å². The molecular formula is C13H21N3O2. The van der Waals surface area contributed by atoms with Crippen LogP contribution in [0.25, 0.3) is 0 Å². The van der Waals surface area contributed by atoms with E-state index in [-0.39, 0.29) is 5.91 Å². The Morgan fingerprint density at radius 1 is 1.56 bits per heavy atom. The standard InChI is InChI=1S/C13H21N3O2/c1-2-10-3-6-16(7-4-10)9-11-5-8-18-12(11)13(17)15-14/h5,8,10H,2-4,6-7,9,14H2,1H3,(H,15,17). The first-order valence-electron chi connectivity index (χ1n) is 6.54. The summed E-state index contributed by atoms with van der Waals surface area (Å²) in [5.41, 5.74) is 3.02. The first-order chi connectivity index (χ1) is 8.74. The number of hydrogen-bond donors (Lipinski definition) is 2. The van der Waals surface area contributed by atoms with Gasteiger partial charge in [-0.1, -0.05) is 13.3 Å². The highest BCUT2D eigenvalue weighted by Crippen LogP contribution is 2.22. The molecule has 2 heterocycles. The van der Waals surface area contributed by atoms with Gasteiger partial charge in [-0.3, -0.25) is 15.1 Å². The second-order valence-electron chi connectivity index (χ2n) is 4.88. The third kappa shape index (κ3) is 2.91. The van der Waals surface area contributed by atoms with Crippen LogP contribution < -0.4 is 11.3 Å². The molecular weight excluding hydrogens is 230 g/mol. The molecule has 0 spiro atoms. The van der Waals surface area contributed by atoms with E-state index in [9.17, 15) is 4.79 Å². The van der Waals surface area contributed by atoms with Gasteiger partial charge in [-0.25, -0.2) is 5.84 Å². The summed E-state index contributed by atoms with van der Waals surface area (Å²) < 4.78 is 5.18. The molecule has 1 saturated heterocycles. The number of hydrogen-bond acceptors (Lipinski definition) is 4. The number of likely N-dealkylation sites (tertiary alicyclic amines) is 1. The molecule has 1 amide bonds. The van der Waals surface area contributed by atoms with E-state index in [1.807, 2.05) is 6.07 Å². The number of carbonyl (C=O) groups is 1. The van der Waals surface area contributed by atoms with E-state index in [0.717, 1.165) is 31.1 Å². The third-order valence-electron chi connectivity index (χ3n) is 3.76. The molecule has 18 heavy (non-hydrogen) atoms. The van der Waals surface area contributed by atoms with E-state index < -0.39 is 0 Å². The zero-order valence-corrected chi connectivity index (χ0v) is 10.8. The van der Waals surface area contributed by atoms with Crippen LogP contribution in [0.2, 0.25) is 0 Å². The van der Waals surface area contributed by atoms with Crippen molar-refractivity contribution in [3.8, 4) is 0 Å². The lowest BCUT2D eigenvalue weighted by molar-refractivity contribution is 0.0921. The molecule has 1 aromatic heterocycles. The molecule has 0 aliphatic carbocycles. The molecule has 0 bridgehead atoms. The van der Waals surface area contributed by atoms with Crippen molar-refractivity contribution < 1.29 is 9.21 Å². The van der Waals surface area contributed by atoms with Gasteiger partial charge in [-0.15, -0.1) is 0 Å². The van der Waals surface area contributed by atoms with Crippen molar-refractivity contribution in [2.45, 2.75) is 32.7 Å². The summed E-state index contributed by atoms with van der Waals surface area (Å²) >= 11 is 0. The minimum absolute atomic E-state index is 0.329. The fourth-order valence-electron chi connectivity index (χ4n) is 2.52. The largest absolute Gasteiger partial charge is 0.459 e. The fraction of sp³-hybridized carbons (Fsp3) is 0.615. The highest BCUT2D eigenvalue weighted by atomic mass is 16.3. The van der Waals surface area contributed by atoms with Crippen LogP contribution in [0.1, 0.15) is 42.3 Å². The van der Waals surface area contributed by atoms with Gasteiger partial charge in [0.1, 0.15) is 0 Å². The molecule has 1 aliphatic rings. The van der Waals surface area contributed by atoms with Crippen LogP contribution >= 0.6 is 0 Å². The van der Waals surface area contributed by atoms with Gasteiger partial charge in [0, 0.05) is 12.1 Å². The highest BCUT2D eigenvalue weighted by molar-refractivity contribution is 5.92. The summed E-state index contributed by atoms with van der Waals surface area (Å²) in [6.07, 6.45) is 5.29. The van der Waals surface area contributed by atoms with Crippen molar-refractivity contribution in [1.82, 2.24) is 10.3 Å². The number of hydrazine groups is 1. The normalized spacial score (nSPS) is 17.9. The summed E-state index contributed by atoms with van der Waals surface area (Å²) in [4.78, 5) is 13.9. The Kier molecular flexibility index (Phi) is 4.38. The minimum atomic E-state index is -0.363. The van der Waals surface area contributed by atoms with Gasteiger partial charge in [0.05, 0.1) is 6.26 Å². The van der Waals surface area contributed by atoms with Crippen molar-refractivity contribution in [3.05, 3.63) is 23.7 Å². The number of amides is 1. The monoisotopic (exact) mass is 251 g/mol. The van der Waals surface area contributed by atoms with Crippen LogP contribution in [0.15, 0.2) is 16.7 Å². The number of piperidine rings is 1. The number of rotatable bonds is 4. The van der Waals surface area contributed by atoms with Gasteiger partial charge in [0.15, 0.2) is 5.76 Å². The van der Waals surface area contributed by atoms with E-state index >= 15 is 0 Å². The van der Waals surface area contributed by atoms with Crippen LogP contribution in [-0.4, -0.2) is 23.9 Å². The lowest BCUT2D eigenvalue weighted by Crippen LogP contribution is -2.34. The first kappa shape index (κ1) is 13.1. The van der Waals surface area contributed by atoms with Crippen molar-refractivity contribution >= 4 is 5.91 Å². The number of carbonyl (C=O) groups excluding carboxylic acids is 1. The molecule has 1 fully saturated rings. The zero-order valence-electron chi connectivity index (χ0n) is 10.8. The molecule has 1 aliphatic heterocycles. The first-order valence-corrected chi connectivity index (χ1v) is 6.54. The smallest absolute Gasteiger partial charge is 0.301 e. The van der Waals surface area contributed by atoms with Crippen LogP contribution in [0.4, 0.5) is 0 Å². The van der Waals surface area contributed by atoms with E-state index in [2.05, 4.69) is 17.2 Å². The summed E-state index contributed by atoms with van der Waals surface area (Å²) in [5.74, 6) is 5.95. The molecule has 3 N–H and O–H groups in total. The molecule has 0 saturated carbocycles. The topological polar surface area (TPSA) is 71.5 Å². The number of nitrogens with zero attached hydrogens (tertiary/aromatic N) is 1. The van der Waals surface area contributed by atoms with Gasteiger partial charge in [0.25, 0.3) is 0 Å². The Balaban J connectivity index is 1.94. The number of nitrogen functional groups attached to an aromatic ring is 1. The molecule has 2 rings (SSSR count). The average molecular weight is 251 g/mol. The summed E-state index contributed by atoms with van der Waals surface area (Å²) in [6, 6.07) is 1.84. The predicted octanol–water partition coefficient (Wildman–Crippen LogP) is 1.51. The third-order valence-corrected chi connectivity index (χ3v) is 3.76. The number of nitrogens with one attached hydrogen (secondary N) is 1. The quantitative estimate of drug-likeness (QED) is 0.483. The second kappa shape index (κ2) is 6.02. The molecule has 0 atom stereocenters. The van der Waals surface area contributed by atoms with Gasteiger partial charge in [-0.05, 0) is 37.9 Å². The molecule has 100 valence electrons. The van der Waals surface area contributed by atoms with Gasteiger partial charge in [-0.2, -0.15) is 0 Å². The van der Waals surface area contributed by atoms with Gasteiger partial charge < -0.3 is 4.42 Å². The predicted molar refractivity (Wildman–Crippen MR) is 68.7 cm³/mol.